The second-order valence-corrected chi connectivity index (χ2v) is 9.45. The van der Waals surface area contributed by atoms with Gasteiger partial charge in [0.15, 0.2) is 5.82 Å². The van der Waals surface area contributed by atoms with E-state index in [0.29, 0.717) is 17.6 Å². The highest BCUT2D eigenvalue weighted by atomic mass is 32.2. The average Bonchev–Trinajstić information content (AvgIpc) is 3.59. The van der Waals surface area contributed by atoms with E-state index < -0.39 is 0 Å². The molecule has 0 bridgehead atoms. The molecule has 7 nitrogen and oxygen atoms in total. The number of hydrogen-bond donors (Lipinski definition) is 2. The molecule has 1 aliphatic heterocycles. The molecule has 2 N–H and O–H groups in total. The summed E-state index contributed by atoms with van der Waals surface area (Å²) in [5.74, 6) is 1.17. The van der Waals surface area contributed by atoms with Crippen LogP contribution in [0.3, 0.4) is 0 Å². The Bertz CT molecular complexity index is 945. The Morgan fingerprint density at radius 2 is 1.97 bits per heavy atom. The number of nitrogens with zero attached hydrogens (tertiary/aromatic N) is 3. The van der Waals surface area contributed by atoms with Crippen LogP contribution in [-0.2, 0) is 9.59 Å². The van der Waals surface area contributed by atoms with Crippen molar-refractivity contribution in [1.82, 2.24) is 15.5 Å². The zero-order chi connectivity index (χ0) is 21.8. The zero-order valence-corrected chi connectivity index (χ0v) is 18.9. The number of thioether (sulfide) groups is 1. The molecule has 1 saturated heterocycles. The molecule has 4 rings (SSSR count). The van der Waals surface area contributed by atoms with Crippen molar-refractivity contribution < 1.29 is 9.59 Å². The normalized spacial score (nSPS) is 18.5. The van der Waals surface area contributed by atoms with Gasteiger partial charge in [-0.2, -0.15) is 0 Å². The van der Waals surface area contributed by atoms with Crippen LogP contribution in [0.1, 0.15) is 36.8 Å². The summed E-state index contributed by atoms with van der Waals surface area (Å²) in [6.07, 6.45) is 4.11. The van der Waals surface area contributed by atoms with Crippen molar-refractivity contribution >= 4 is 35.1 Å². The molecule has 1 aromatic carbocycles. The van der Waals surface area contributed by atoms with E-state index in [-0.39, 0.29) is 23.5 Å². The van der Waals surface area contributed by atoms with Gasteiger partial charge in [0.05, 0.1) is 11.7 Å². The van der Waals surface area contributed by atoms with E-state index in [0.717, 1.165) is 54.9 Å². The Labute approximate surface area is 187 Å². The second kappa shape index (κ2) is 9.68. The van der Waals surface area contributed by atoms with Gasteiger partial charge < -0.3 is 15.5 Å². The van der Waals surface area contributed by atoms with Crippen LogP contribution >= 0.6 is 11.8 Å². The molecule has 2 fully saturated rings. The van der Waals surface area contributed by atoms with Gasteiger partial charge in [0.25, 0.3) is 0 Å². The molecule has 2 heterocycles. The number of hydrogen-bond acceptors (Lipinski definition) is 6. The van der Waals surface area contributed by atoms with Crippen LogP contribution in [0, 0.1) is 19.8 Å². The van der Waals surface area contributed by atoms with E-state index in [2.05, 4.69) is 25.7 Å². The van der Waals surface area contributed by atoms with Crippen LogP contribution in [0.4, 0.5) is 11.5 Å². The van der Waals surface area contributed by atoms with Gasteiger partial charge in [-0.15, -0.1) is 10.2 Å². The van der Waals surface area contributed by atoms with Gasteiger partial charge >= 0.3 is 0 Å². The SMILES string of the molecule is Cc1ccc(C)c(NC(=O)CSc2ccc(N3CCCC(C(=O)NC4CC4)C3)nn2)c1. The minimum Gasteiger partial charge on any atom is -0.354 e. The van der Waals surface area contributed by atoms with Gasteiger partial charge in [0, 0.05) is 24.8 Å². The third kappa shape index (κ3) is 5.97. The van der Waals surface area contributed by atoms with Gasteiger partial charge in [0.1, 0.15) is 5.03 Å². The fraction of sp³-hybridized carbons (Fsp3) is 0.478. The average molecular weight is 440 g/mol. The molecule has 2 aromatic rings. The minimum atomic E-state index is -0.0647. The van der Waals surface area contributed by atoms with E-state index in [4.69, 9.17) is 0 Å². The van der Waals surface area contributed by atoms with Crippen LogP contribution in [0.25, 0.3) is 0 Å². The van der Waals surface area contributed by atoms with Crippen LogP contribution in [0.15, 0.2) is 35.4 Å². The van der Waals surface area contributed by atoms with E-state index in [1.54, 1.807) is 0 Å². The fourth-order valence-electron chi connectivity index (χ4n) is 3.70. The second-order valence-electron chi connectivity index (χ2n) is 8.45. The van der Waals surface area contributed by atoms with Crippen molar-refractivity contribution in [2.24, 2.45) is 5.92 Å². The van der Waals surface area contributed by atoms with Crippen LogP contribution in [0.2, 0.25) is 0 Å². The molecular weight excluding hydrogens is 410 g/mol. The highest BCUT2D eigenvalue weighted by molar-refractivity contribution is 7.99. The molecule has 1 unspecified atom stereocenters. The first-order valence-corrected chi connectivity index (χ1v) is 11.9. The first-order valence-electron chi connectivity index (χ1n) is 10.9. The maximum atomic E-state index is 12.4. The molecule has 0 radical (unpaired) electrons. The molecule has 0 spiro atoms. The van der Waals surface area contributed by atoms with E-state index >= 15 is 0 Å². The number of aromatic nitrogens is 2. The lowest BCUT2D eigenvalue weighted by molar-refractivity contribution is -0.125. The number of carbonyl (C=O) groups is 2. The summed E-state index contributed by atoms with van der Waals surface area (Å²) in [4.78, 5) is 26.8. The summed E-state index contributed by atoms with van der Waals surface area (Å²) in [6.45, 7) is 5.54. The number of nitrogens with one attached hydrogen (secondary N) is 2. The highest BCUT2D eigenvalue weighted by Gasteiger charge is 2.30. The quantitative estimate of drug-likeness (QED) is 0.644. The zero-order valence-electron chi connectivity index (χ0n) is 18.1. The van der Waals surface area contributed by atoms with E-state index in [1.807, 2.05) is 44.2 Å². The van der Waals surface area contributed by atoms with Crippen LogP contribution in [0.5, 0.6) is 0 Å². The maximum Gasteiger partial charge on any atom is 0.234 e. The van der Waals surface area contributed by atoms with Crippen molar-refractivity contribution in [3.8, 4) is 0 Å². The number of benzene rings is 1. The Hall–Kier alpha value is -2.61. The molecule has 2 aliphatic rings. The molecule has 1 aliphatic carbocycles. The molecular formula is C23H29N5O2S. The molecule has 2 amide bonds. The van der Waals surface area contributed by atoms with Crippen molar-refractivity contribution in [3.05, 3.63) is 41.5 Å². The largest absolute Gasteiger partial charge is 0.354 e. The molecule has 1 saturated carbocycles. The van der Waals surface area contributed by atoms with Crippen molar-refractivity contribution in [2.45, 2.75) is 50.6 Å². The molecule has 8 heteroatoms. The van der Waals surface area contributed by atoms with Crippen molar-refractivity contribution in [3.63, 3.8) is 0 Å². The van der Waals surface area contributed by atoms with E-state index in [1.165, 1.54) is 11.8 Å². The molecule has 31 heavy (non-hydrogen) atoms. The minimum absolute atomic E-state index is 0.0129. The maximum absolute atomic E-state index is 12.4. The lowest BCUT2D eigenvalue weighted by atomic mass is 9.97. The summed E-state index contributed by atoms with van der Waals surface area (Å²) < 4.78 is 0. The monoisotopic (exact) mass is 439 g/mol. The standard InChI is InChI=1S/C23H29N5O2S/c1-15-5-6-16(2)19(12-15)25-21(29)14-31-22-10-9-20(26-27-22)28-11-3-4-17(13-28)23(30)24-18-7-8-18/h5-6,9-10,12,17-18H,3-4,7-8,11,13-14H2,1-2H3,(H,24,30)(H,25,29). The third-order valence-electron chi connectivity index (χ3n) is 5.68. The number of carbonyl (C=O) groups excluding carboxylic acids is 2. The Balaban J connectivity index is 1.28. The van der Waals surface area contributed by atoms with Crippen LogP contribution < -0.4 is 15.5 Å². The number of rotatable bonds is 7. The smallest absolute Gasteiger partial charge is 0.234 e. The Kier molecular flexibility index (Phi) is 6.75. The summed E-state index contributed by atoms with van der Waals surface area (Å²) in [5, 5.41) is 15.4. The molecule has 1 aromatic heterocycles. The number of piperidine rings is 1. The van der Waals surface area contributed by atoms with Gasteiger partial charge in [-0.05, 0) is 68.9 Å². The van der Waals surface area contributed by atoms with Gasteiger partial charge in [-0.3, -0.25) is 9.59 Å². The summed E-state index contributed by atoms with van der Waals surface area (Å²) in [7, 11) is 0. The van der Waals surface area contributed by atoms with Gasteiger partial charge in [0.2, 0.25) is 11.8 Å². The Morgan fingerprint density at radius 1 is 1.13 bits per heavy atom. The third-order valence-corrected chi connectivity index (χ3v) is 6.60. The van der Waals surface area contributed by atoms with Crippen molar-refractivity contribution in [1.29, 1.82) is 0 Å². The summed E-state index contributed by atoms with van der Waals surface area (Å²) in [5.41, 5.74) is 3.00. The molecule has 164 valence electrons. The summed E-state index contributed by atoms with van der Waals surface area (Å²) >= 11 is 1.36. The predicted molar refractivity (Wildman–Crippen MR) is 123 cm³/mol. The summed E-state index contributed by atoms with van der Waals surface area (Å²) in [6, 6.07) is 10.2. The highest BCUT2D eigenvalue weighted by Crippen LogP contribution is 2.25. The predicted octanol–water partition coefficient (Wildman–Crippen LogP) is 3.32. The van der Waals surface area contributed by atoms with Gasteiger partial charge in [-0.25, -0.2) is 0 Å². The van der Waals surface area contributed by atoms with Gasteiger partial charge in [-0.1, -0.05) is 23.9 Å². The number of amides is 2. The fourth-order valence-corrected chi connectivity index (χ4v) is 4.31. The first-order chi connectivity index (χ1) is 15.0. The lowest BCUT2D eigenvalue weighted by Crippen LogP contribution is -2.44. The topological polar surface area (TPSA) is 87.2 Å². The Morgan fingerprint density at radius 3 is 2.71 bits per heavy atom. The number of anilines is 2. The number of aryl methyl sites for hydroxylation is 2. The van der Waals surface area contributed by atoms with Crippen molar-refractivity contribution in [2.75, 3.05) is 29.1 Å². The van der Waals surface area contributed by atoms with E-state index in [9.17, 15) is 9.59 Å². The van der Waals surface area contributed by atoms with Crippen LogP contribution in [-0.4, -0.2) is 46.9 Å². The first kappa shape index (κ1) is 21.6. The lowest BCUT2D eigenvalue weighted by Gasteiger charge is -2.32. The molecule has 1 atom stereocenters.